The minimum atomic E-state index is 0.200. The lowest BCUT2D eigenvalue weighted by molar-refractivity contribution is 0.727. The molecule has 68 valence electrons. The van der Waals surface area contributed by atoms with E-state index >= 15 is 0 Å². The Morgan fingerprint density at radius 2 is 1.73 bits per heavy atom. The Bertz CT molecular complexity index is 85.3. The average molecular weight is 159 g/mol. The SMILES string of the molecule is CC.CCCCCN=C(N)N. The summed E-state index contributed by atoms with van der Waals surface area (Å²) in [5, 5.41) is 0. The molecule has 0 bridgehead atoms. The van der Waals surface area contributed by atoms with Gasteiger partial charge in [-0.1, -0.05) is 33.6 Å². The molecule has 0 rings (SSSR count). The molecule has 0 amide bonds. The third-order valence-electron chi connectivity index (χ3n) is 1.06. The number of unbranched alkanes of at least 4 members (excludes halogenated alkanes) is 2. The zero-order chi connectivity index (χ0) is 9.11. The molecule has 3 nitrogen and oxygen atoms in total. The van der Waals surface area contributed by atoms with Crippen molar-refractivity contribution in [1.82, 2.24) is 0 Å². The number of nitrogens with zero attached hydrogens (tertiary/aromatic N) is 1. The van der Waals surface area contributed by atoms with Crippen LogP contribution in [0.5, 0.6) is 0 Å². The predicted molar refractivity (Wildman–Crippen MR) is 51.5 cm³/mol. The minimum absolute atomic E-state index is 0.200. The Morgan fingerprint density at radius 1 is 1.18 bits per heavy atom. The first kappa shape index (κ1) is 12.9. The molecule has 3 heteroatoms. The summed E-state index contributed by atoms with van der Waals surface area (Å²) in [7, 11) is 0. The molecule has 0 aromatic rings. The summed E-state index contributed by atoms with van der Waals surface area (Å²) >= 11 is 0. The fourth-order valence-electron chi connectivity index (χ4n) is 0.570. The normalized spacial score (nSPS) is 7.91. The lowest BCUT2D eigenvalue weighted by atomic mass is 10.2. The van der Waals surface area contributed by atoms with Gasteiger partial charge in [0.1, 0.15) is 0 Å². The molecule has 0 spiro atoms. The second kappa shape index (κ2) is 12.0. The van der Waals surface area contributed by atoms with E-state index in [9.17, 15) is 0 Å². The van der Waals surface area contributed by atoms with Crippen LogP contribution in [-0.4, -0.2) is 12.5 Å². The molecule has 0 fully saturated rings. The van der Waals surface area contributed by atoms with Gasteiger partial charge in [0.15, 0.2) is 5.96 Å². The molecule has 0 aliphatic carbocycles. The van der Waals surface area contributed by atoms with E-state index in [2.05, 4.69) is 11.9 Å². The monoisotopic (exact) mass is 159 g/mol. The number of rotatable bonds is 4. The summed E-state index contributed by atoms with van der Waals surface area (Å²) < 4.78 is 0. The van der Waals surface area contributed by atoms with Gasteiger partial charge in [-0.15, -0.1) is 0 Å². The second-order valence-electron chi connectivity index (χ2n) is 2.01. The van der Waals surface area contributed by atoms with E-state index in [0.29, 0.717) is 0 Å². The second-order valence-corrected chi connectivity index (χ2v) is 2.01. The minimum Gasteiger partial charge on any atom is -0.370 e. The zero-order valence-electron chi connectivity index (χ0n) is 7.93. The summed E-state index contributed by atoms with van der Waals surface area (Å²) in [5.41, 5.74) is 10.2. The lowest BCUT2D eigenvalue weighted by Crippen LogP contribution is -2.22. The maximum atomic E-state index is 5.10. The van der Waals surface area contributed by atoms with Gasteiger partial charge in [0.05, 0.1) is 0 Å². The van der Waals surface area contributed by atoms with Gasteiger partial charge in [-0.3, -0.25) is 4.99 Å². The van der Waals surface area contributed by atoms with Gasteiger partial charge < -0.3 is 11.5 Å². The first-order chi connectivity index (χ1) is 5.27. The Balaban J connectivity index is 0. The van der Waals surface area contributed by atoms with Crippen molar-refractivity contribution in [3.8, 4) is 0 Å². The van der Waals surface area contributed by atoms with Crippen LogP contribution in [0, 0.1) is 0 Å². The summed E-state index contributed by atoms with van der Waals surface area (Å²) in [6, 6.07) is 0. The van der Waals surface area contributed by atoms with E-state index < -0.39 is 0 Å². The van der Waals surface area contributed by atoms with E-state index in [1.54, 1.807) is 0 Å². The van der Waals surface area contributed by atoms with Crippen LogP contribution in [0.15, 0.2) is 4.99 Å². The fourth-order valence-corrected chi connectivity index (χ4v) is 0.570. The summed E-state index contributed by atoms with van der Waals surface area (Å²) in [4.78, 5) is 3.83. The highest BCUT2D eigenvalue weighted by atomic mass is 15.0. The summed E-state index contributed by atoms with van der Waals surface area (Å²) in [6.45, 7) is 6.92. The molecule has 0 aromatic carbocycles. The van der Waals surface area contributed by atoms with Gasteiger partial charge in [0, 0.05) is 6.54 Å². The van der Waals surface area contributed by atoms with Gasteiger partial charge in [0.25, 0.3) is 0 Å². The Kier molecular flexibility index (Phi) is 14.1. The van der Waals surface area contributed by atoms with Crippen molar-refractivity contribution >= 4 is 5.96 Å². The molecular formula is C8H21N3. The van der Waals surface area contributed by atoms with Crippen LogP contribution in [0.1, 0.15) is 40.0 Å². The van der Waals surface area contributed by atoms with Crippen LogP contribution >= 0.6 is 0 Å². The highest BCUT2D eigenvalue weighted by Gasteiger charge is 1.82. The molecule has 0 atom stereocenters. The van der Waals surface area contributed by atoms with E-state index in [0.717, 1.165) is 13.0 Å². The van der Waals surface area contributed by atoms with E-state index in [1.807, 2.05) is 13.8 Å². The molecular weight excluding hydrogens is 138 g/mol. The number of hydrogen-bond donors (Lipinski definition) is 2. The smallest absolute Gasteiger partial charge is 0.185 e. The van der Waals surface area contributed by atoms with Gasteiger partial charge in [-0.25, -0.2) is 0 Å². The Morgan fingerprint density at radius 3 is 2.09 bits per heavy atom. The van der Waals surface area contributed by atoms with E-state index in [1.165, 1.54) is 12.8 Å². The van der Waals surface area contributed by atoms with Crippen molar-refractivity contribution in [2.75, 3.05) is 6.54 Å². The van der Waals surface area contributed by atoms with Crippen molar-refractivity contribution in [2.24, 2.45) is 16.5 Å². The number of nitrogens with two attached hydrogens (primary N) is 2. The van der Waals surface area contributed by atoms with Crippen molar-refractivity contribution in [3.63, 3.8) is 0 Å². The number of hydrogen-bond acceptors (Lipinski definition) is 1. The number of guanidine groups is 1. The number of aliphatic imine (C=N–C) groups is 1. The van der Waals surface area contributed by atoms with Gasteiger partial charge in [-0.05, 0) is 6.42 Å². The maximum absolute atomic E-state index is 5.10. The van der Waals surface area contributed by atoms with Crippen molar-refractivity contribution < 1.29 is 0 Å². The van der Waals surface area contributed by atoms with Gasteiger partial charge in [0.2, 0.25) is 0 Å². The van der Waals surface area contributed by atoms with Gasteiger partial charge >= 0.3 is 0 Å². The Hall–Kier alpha value is -0.730. The largest absolute Gasteiger partial charge is 0.370 e. The average Bonchev–Trinajstić information content (AvgIpc) is 2.02. The lowest BCUT2D eigenvalue weighted by Gasteiger charge is -1.92. The molecule has 4 N–H and O–H groups in total. The highest BCUT2D eigenvalue weighted by molar-refractivity contribution is 5.75. The molecule has 0 aliphatic rings. The highest BCUT2D eigenvalue weighted by Crippen LogP contribution is 1.92. The van der Waals surface area contributed by atoms with Gasteiger partial charge in [-0.2, -0.15) is 0 Å². The molecule has 0 radical (unpaired) electrons. The predicted octanol–water partition coefficient (Wildman–Crippen LogP) is 1.48. The first-order valence-electron chi connectivity index (χ1n) is 4.32. The third-order valence-corrected chi connectivity index (χ3v) is 1.06. The molecule has 0 saturated heterocycles. The van der Waals surface area contributed by atoms with Crippen molar-refractivity contribution in [2.45, 2.75) is 40.0 Å². The van der Waals surface area contributed by atoms with Crippen molar-refractivity contribution in [3.05, 3.63) is 0 Å². The standard InChI is InChI=1S/C6H15N3.C2H6/c1-2-3-4-5-9-6(7)8;1-2/h2-5H2,1H3,(H4,7,8,9);1-2H3. The van der Waals surface area contributed by atoms with Crippen LogP contribution in [0.3, 0.4) is 0 Å². The molecule has 0 heterocycles. The third kappa shape index (κ3) is 17.6. The van der Waals surface area contributed by atoms with E-state index in [-0.39, 0.29) is 5.96 Å². The Labute approximate surface area is 69.9 Å². The molecule has 0 saturated carbocycles. The van der Waals surface area contributed by atoms with Crippen LogP contribution in [0.4, 0.5) is 0 Å². The van der Waals surface area contributed by atoms with E-state index in [4.69, 9.17) is 11.5 Å². The summed E-state index contributed by atoms with van der Waals surface area (Å²) in [5.74, 6) is 0.200. The van der Waals surface area contributed by atoms with Crippen LogP contribution in [0.2, 0.25) is 0 Å². The van der Waals surface area contributed by atoms with Crippen LogP contribution in [-0.2, 0) is 0 Å². The quantitative estimate of drug-likeness (QED) is 0.370. The topological polar surface area (TPSA) is 64.4 Å². The molecule has 11 heavy (non-hydrogen) atoms. The molecule has 0 aromatic heterocycles. The van der Waals surface area contributed by atoms with Crippen LogP contribution < -0.4 is 11.5 Å². The first-order valence-corrected chi connectivity index (χ1v) is 4.32. The fraction of sp³-hybridized carbons (Fsp3) is 0.875. The van der Waals surface area contributed by atoms with Crippen molar-refractivity contribution in [1.29, 1.82) is 0 Å². The summed E-state index contributed by atoms with van der Waals surface area (Å²) in [6.07, 6.45) is 3.51. The van der Waals surface area contributed by atoms with Crippen LogP contribution in [0.25, 0.3) is 0 Å². The molecule has 0 unspecified atom stereocenters. The maximum Gasteiger partial charge on any atom is 0.185 e. The zero-order valence-corrected chi connectivity index (χ0v) is 7.93. The molecule has 0 aliphatic heterocycles.